The topological polar surface area (TPSA) is 81.6 Å². The minimum absolute atomic E-state index is 0.104. The molecule has 1 aliphatic carbocycles. The lowest BCUT2D eigenvalue weighted by molar-refractivity contribution is 0.00711. The van der Waals surface area contributed by atoms with Crippen LogP contribution >= 0.6 is 0 Å². The summed E-state index contributed by atoms with van der Waals surface area (Å²) in [5, 5.41) is 25.2. The molecule has 0 aliphatic heterocycles. The van der Waals surface area contributed by atoms with Crippen molar-refractivity contribution in [2.45, 2.75) is 56.6 Å². The Kier molecular flexibility index (Phi) is 6.86. The summed E-state index contributed by atoms with van der Waals surface area (Å²) in [6.45, 7) is 0.396. The van der Waals surface area contributed by atoms with Gasteiger partial charge in [0.2, 0.25) is 0 Å². The maximum Gasteiger partial charge on any atom is 0.315 e. The Bertz CT molecular complexity index is 472. The molecule has 2 rings (SSSR count). The van der Waals surface area contributed by atoms with Crippen LogP contribution in [0.4, 0.5) is 4.79 Å². The third-order valence-corrected chi connectivity index (χ3v) is 4.52. The molecule has 0 radical (unpaired) electrons. The normalized spacial score (nSPS) is 18.2. The van der Waals surface area contributed by atoms with Crippen LogP contribution in [-0.2, 0) is 0 Å². The Morgan fingerprint density at radius 1 is 1.17 bits per heavy atom. The molecule has 1 aromatic rings. The second kappa shape index (κ2) is 8.89. The molecule has 5 heteroatoms. The van der Waals surface area contributed by atoms with E-state index in [1.165, 1.54) is 0 Å². The Morgan fingerprint density at radius 2 is 1.87 bits per heavy atom. The Labute approximate surface area is 138 Å². The quantitative estimate of drug-likeness (QED) is 0.623. The highest BCUT2D eigenvalue weighted by Crippen LogP contribution is 2.27. The van der Waals surface area contributed by atoms with Crippen molar-refractivity contribution in [1.29, 1.82) is 0 Å². The minimum Gasteiger partial charge on any atom is -0.396 e. The van der Waals surface area contributed by atoms with Crippen molar-refractivity contribution in [1.82, 2.24) is 10.6 Å². The number of carbonyl (C=O) groups is 1. The van der Waals surface area contributed by atoms with Crippen LogP contribution in [0.5, 0.6) is 0 Å². The number of amides is 2. The molecule has 1 fully saturated rings. The van der Waals surface area contributed by atoms with E-state index in [1.54, 1.807) is 0 Å². The zero-order valence-corrected chi connectivity index (χ0v) is 13.6. The Morgan fingerprint density at radius 3 is 2.52 bits per heavy atom. The Balaban J connectivity index is 1.87. The van der Waals surface area contributed by atoms with E-state index >= 15 is 0 Å². The Hall–Kier alpha value is -1.59. The first-order valence-electron chi connectivity index (χ1n) is 8.55. The summed E-state index contributed by atoms with van der Waals surface area (Å²) in [5.41, 5.74) is 0.260. The van der Waals surface area contributed by atoms with Crippen LogP contribution in [0, 0.1) is 0 Å². The van der Waals surface area contributed by atoms with Crippen molar-refractivity contribution in [3.05, 3.63) is 35.9 Å². The van der Waals surface area contributed by atoms with Gasteiger partial charge in [0.25, 0.3) is 0 Å². The van der Waals surface area contributed by atoms with E-state index in [0.29, 0.717) is 19.4 Å². The number of urea groups is 1. The highest BCUT2D eigenvalue weighted by molar-refractivity contribution is 5.74. The smallest absolute Gasteiger partial charge is 0.315 e. The molecule has 0 bridgehead atoms. The van der Waals surface area contributed by atoms with Crippen molar-refractivity contribution in [3.63, 3.8) is 0 Å². The summed E-state index contributed by atoms with van der Waals surface area (Å²) in [5.74, 6) is 0. The molecule has 1 aromatic carbocycles. The van der Waals surface area contributed by atoms with Gasteiger partial charge < -0.3 is 20.8 Å². The average molecular weight is 320 g/mol. The average Bonchev–Trinajstić information content (AvgIpc) is 2.58. The standard InChI is InChI=1S/C18H28N2O3/c21-13-7-10-16(15-8-3-1-4-9-15)20-17(22)19-14-18(23)11-5-2-6-12-18/h1,3-4,8-9,16,21,23H,2,5-7,10-14H2,(H2,19,20,22). The molecule has 0 saturated heterocycles. The largest absolute Gasteiger partial charge is 0.396 e. The van der Waals surface area contributed by atoms with Crippen LogP contribution in [-0.4, -0.2) is 35.0 Å². The van der Waals surface area contributed by atoms with Crippen molar-refractivity contribution in [2.75, 3.05) is 13.2 Å². The van der Waals surface area contributed by atoms with Crippen molar-refractivity contribution < 1.29 is 15.0 Å². The molecule has 1 saturated carbocycles. The lowest BCUT2D eigenvalue weighted by Gasteiger charge is -2.32. The first kappa shape index (κ1) is 17.8. The first-order valence-corrected chi connectivity index (χ1v) is 8.55. The summed E-state index contributed by atoms with van der Waals surface area (Å²) in [6, 6.07) is 9.34. The maximum absolute atomic E-state index is 12.2. The van der Waals surface area contributed by atoms with E-state index in [-0.39, 0.29) is 18.7 Å². The van der Waals surface area contributed by atoms with Gasteiger partial charge in [-0.05, 0) is 31.2 Å². The summed E-state index contributed by atoms with van der Waals surface area (Å²) >= 11 is 0. The van der Waals surface area contributed by atoms with Gasteiger partial charge >= 0.3 is 6.03 Å². The summed E-state index contributed by atoms with van der Waals surface area (Å²) < 4.78 is 0. The monoisotopic (exact) mass is 320 g/mol. The lowest BCUT2D eigenvalue weighted by atomic mass is 9.85. The zero-order valence-electron chi connectivity index (χ0n) is 13.6. The van der Waals surface area contributed by atoms with Crippen molar-refractivity contribution in [3.8, 4) is 0 Å². The predicted octanol–water partition coefficient (Wildman–Crippen LogP) is 2.49. The van der Waals surface area contributed by atoms with Gasteiger partial charge in [0.15, 0.2) is 0 Å². The molecular weight excluding hydrogens is 292 g/mol. The molecule has 4 N–H and O–H groups in total. The van der Waals surface area contributed by atoms with Gasteiger partial charge in [0.1, 0.15) is 0 Å². The maximum atomic E-state index is 12.2. The predicted molar refractivity (Wildman–Crippen MR) is 90.1 cm³/mol. The molecule has 0 heterocycles. The minimum atomic E-state index is -0.761. The van der Waals surface area contributed by atoms with Crippen molar-refractivity contribution in [2.24, 2.45) is 0 Å². The fourth-order valence-electron chi connectivity index (χ4n) is 3.14. The fourth-order valence-corrected chi connectivity index (χ4v) is 3.14. The van der Waals surface area contributed by atoms with E-state index < -0.39 is 5.60 Å². The molecule has 1 aliphatic rings. The second-order valence-corrected chi connectivity index (χ2v) is 6.44. The van der Waals surface area contributed by atoms with Crippen LogP contribution < -0.4 is 10.6 Å². The second-order valence-electron chi connectivity index (χ2n) is 6.44. The summed E-state index contributed by atoms with van der Waals surface area (Å²) in [7, 11) is 0. The van der Waals surface area contributed by atoms with Gasteiger partial charge in [-0.15, -0.1) is 0 Å². The van der Waals surface area contributed by atoms with Crippen LogP contribution in [0.1, 0.15) is 56.6 Å². The molecular formula is C18H28N2O3. The first-order chi connectivity index (χ1) is 11.1. The van der Waals surface area contributed by atoms with E-state index in [0.717, 1.165) is 37.7 Å². The number of aliphatic hydroxyl groups excluding tert-OH is 1. The molecule has 1 atom stereocenters. The number of carbonyl (C=O) groups excluding carboxylic acids is 1. The van der Waals surface area contributed by atoms with Crippen LogP contribution in [0.25, 0.3) is 0 Å². The number of hydrogen-bond donors (Lipinski definition) is 4. The fraction of sp³-hybridized carbons (Fsp3) is 0.611. The van der Waals surface area contributed by atoms with Crippen LogP contribution in [0.2, 0.25) is 0 Å². The summed E-state index contributed by atoms with van der Waals surface area (Å²) in [4.78, 5) is 12.2. The highest BCUT2D eigenvalue weighted by Gasteiger charge is 2.29. The van der Waals surface area contributed by atoms with E-state index in [1.807, 2.05) is 30.3 Å². The van der Waals surface area contributed by atoms with Crippen LogP contribution in [0.15, 0.2) is 30.3 Å². The van der Waals surface area contributed by atoms with E-state index in [9.17, 15) is 9.90 Å². The number of benzene rings is 1. The van der Waals surface area contributed by atoms with Gasteiger partial charge in [-0.2, -0.15) is 0 Å². The van der Waals surface area contributed by atoms with Crippen LogP contribution in [0.3, 0.4) is 0 Å². The number of hydrogen-bond acceptors (Lipinski definition) is 3. The number of nitrogens with one attached hydrogen (secondary N) is 2. The van der Waals surface area contributed by atoms with Gasteiger partial charge in [-0.1, -0.05) is 49.6 Å². The molecule has 5 nitrogen and oxygen atoms in total. The molecule has 2 amide bonds. The molecule has 128 valence electrons. The third kappa shape index (κ3) is 5.84. The van der Waals surface area contributed by atoms with E-state index in [4.69, 9.17) is 5.11 Å². The van der Waals surface area contributed by atoms with Gasteiger partial charge in [-0.3, -0.25) is 0 Å². The lowest BCUT2D eigenvalue weighted by Crippen LogP contribution is -2.48. The summed E-state index contributed by atoms with van der Waals surface area (Å²) in [6.07, 6.45) is 6.00. The molecule has 0 spiro atoms. The SMILES string of the molecule is O=C(NCC1(O)CCCCC1)NC(CCCO)c1ccccc1. The highest BCUT2D eigenvalue weighted by atomic mass is 16.3. The van der Waals surface area contributed by atoms with E-state index in [2.05, 4.69) is 10.6 Å². The molecule has 23 heavy (non-hydrogen) atoms. The van der Waals surface area contributed by atoms with Gasteiger partial charge in [0.05, 0.1) is 11.6 Å². The third-order valence-electron chi connectivity index (χ3n) is 4.52. The van der Waals surface area contributed by atoms with Gasteiger partial charge in [-0.25, -0.2) is 4.79 Å². The molecule has 1 unspecified atom stereocenters. The zero-order chi connectivity index (χ0) is 16.5. The van der Waals surface area contributed by atoms with Gasteiger partial charge in [0, 0.05) is 13.2 Å². The number of aliphatic hydroxyl groups is 2. The molecule has 0 aromatic heterocycles. The van der Waals surface area contributed by atoms with Crippen molar-refractivity contribution >= 4 is 6.03 Å². The number of rotatable bonds is 7.